The molecule has 0 saturated carbocycles. The number of benzene rings is 3. The van der Waals surface area contributed by atoms with E-state index in [9.17, 15) is 14.4 Å². The zero-order valence-corrected chi connectivity index (χ0v) is 19.6. The lowest BCUT2D eigenvalue weighted by atomic mass is 9.95. The number of hydrogen-bond donors (Lipinski definition) is 0. The smallest absolute Gasteiger partial charge is 0.295 e. The van der Waals surface area contributed by atoms with Crippen molar-refractivity contribution in [2.75, 3.05) is 4.90 Å². The second-order valence-corrected chi connectivity index (χ2v) is 9.18. The second kappa shape index (κ2) is 8.10. The predicted octanol–water partition coefficient (Wildman–Crippen LogP) is 6.18. The molecule has 5 heteroatoms. The van der Waals surface area contributed by atoms with Gasteiger partial charge in [0, 0.05) is 11.3 Å². The number of amides is 1. The van der Waals surface area contributed by atoms with E-state index in [-0.39, 0.29) is 22.9 Å². The lowest BCUT2D eigenvalue weighted by Crippen LogP contribution is -2.29. The highest BCUT2D eigenvalue weighted by molar-refractivity contribution is 6.11. The van der Waals surface area contributed by atoms with Crippen molar-refractivity contribution in [3.8, 4) is 0 Å². The van der Waals surface area contributed by atoms with Crippen LogP contribution < -0.4 is 10.3 Å². The van der Waals surface area contributed by atoms with Crippen LogP contribution in [0.1, 0.15) is 75.9 Å². The van der Waals surface area contributed by atoms with E-state index < -0.39 is 6.04 Å². The summed E-state index contributed by atoms with van der Waals surface area (Å²) in [7, 11) is 0. The maximum absolute atomic E-state index is 13.7. The van der Waals surface area contributed by atoms with Crippen molar-refractivity contribution in [1.82, 2.24) is 0 Å². The molecule has 1 unspecified atom stereocenters. The second-order valence-electron chi connectivity index (χ2n) is 9.18. The number of hydrogen-bond acceptors (Lipinski definition) is 4. The first kappa shape index (κ1) is 21.8. The minimum absolute atomic E-state index is 0.0538. The van der Waals surface area contributed by atoms with Crippen LogP contribution in [0.15, 0.2) is 75.9 Å². The fourth-order valence-electron chi connectivity index (χ4n) is 4.59. The van der Waals surface area contributed by atoms with Gasteiger partial charge in [0.25, 0.3) is 5.91 Å². The summed E-state index contributed by atoms with van der Waals surface area (Å²) in [6, 6.07) is 19.6. The van der Waals surface area contributed by atoms with Gasteiger partial charge >= 0.3 is 0 Å². The highest BCUT2D eigenvalue weighted by Gasteiger charge is 2.43. The van der Waals surface area contributed by atoms with Gasteiger partial charge in [0.05, 0.1) is 17.0 Å². The van der Waals surface area contributed by atoms with E-state index in [0.717, 1.165) is 11.1 Å². The first-order valence-electron chi connectivity index (χ1n) is 11.4. The Kier molecular flexibility index (Phi) is 5.20. The van der Waals surface area contributed by atoms with Gasteiger partial charge in [-0.25, -0.2) is 0 Å². The van der Waals surface area contributed by atoms with Gasteiger partial charge in [-0.2, -0.15) is 0 Å². The van der Waals surface area contributed by atoms with Crippen LogP contribution in [0.2, 0.25) is 0 Å². The van der Waals surface area contributed by atoms with E-state index >= 15 is 0 Å². The van der Waals surface area contributed by atoms with Gasteiger partial charge in [-0.1, -0.05) is 49.7 Å². The Hall–Kier alpha value is -3.99. The van der Waals surface area contributed by atoms with Crippen LogP contribution in [0, 0.1) is 6.92 Å². The maximum atomic E-state index is 13.7. The molecular weight excluding hydrogens is 426 g/mol. The molecule has 170 valence electrons. The van der Waals surface area contributed by atoms with Crippen molar-refractivity contribution < 1.29 is 14.0 Å². The summed E-state index contributed by atoms with van der Waals surface area (Å²) < 4.78 is 6.03. The van der Waals surface area contributed by atoms with E-state index in [2.05, 4.69) is 13.8 Å². The molecule has 0 fully saturated rings. The first-order chi connectivity index (χ1) is 16.3. The van der Waals surface area contributed by atoms with Crippen LogP contribution in [-0.4, -0.2) is 11.7 Å². The number of Topliss-reactive ketones (excluding diaryl/α,β-unsaturated/α-hetero) is 1. The third-order valence-corrected chi connectivity index (χ3v) is 6.50. The first-order valence-corrected chi connectivity index (χ1v) is 11.4. The summed E-state index contributed by atoms with van der Waals surface area (Å²) in [4.78, 5) is 40.7. The number of carbonyl (C=O) groups excluding carboxylic acids is 2. The minimum Gasteiger partial charge on any atom is -0.450 e. The average molecular weight is 452 g/mol. The van der Waals surface area contributed by atoms with Crippen LogP contribution in [0.4, 0.5) is 5.69 Å². The molecule has 0 radical (unpaired) electrons. The van der Waals surface area contributed by atoms with Gasteiger partial charge in [-0.05, 0) is 67.3 Å². The molecule has 0 bridgehead atoms. The molecule has 4 aromatic rings. The molecular formula is C29H25NO4. The Morgan fingerprint density at radius 3 is 2.24 bits per heavy atom. The maximum Gasteiger partial charge on any atom is 0.295 e. The predicted molar refractivity (Wildman–Crippen MR) is 133 cm³/mol. The molecule has 1 atom stereocenters. The van der Waals surface area contributed by atoms with Crippen molar-refractivity contribution in [3.63, 3.8) is 0 Å². The summed E-state index contributed by atoms with van der Waals surface area (Å²) in [6.45, 7) is 7.66. The molecule has 5 nitrogen and oxygen atoms in total. The number of anilines is 1. The normalized spacial score (nSPS) is 15.3. The van der Waals surface area contributed by atoms with Gasteiger partial charge < -0.3 is 4.42 Å². The van der Waals surface area contributed by atoms with Crippen molar-refractivity contribution in [3.05, 3.63) is 111 Å². The number of fused-ring (bicyclic) bond motifs is 2. The third kappa shape index (κ3) is 3.45. The molecule has 1 aliphatic heterocycles. The zero-order chi connectivity index (χ0) is 24.1. The monoisotopic (exact) mass is 451 g/mol. The van der Waals surface area contributed by atoms with Gasteiger partial charge in [0.2, 0.25) is 5.76 Å². The molecule has 0 spiro atoms. The fraction of sp³-hybridized carbons (Fsp3) is 0.207. The zero-order valence-electron chi connectivity index (χ0n) is 19.6. The Bertz CT molecular complexity index is 1490. The molecule has 0 N–H and O–H groups in total. The third-order valence-electron chi connectivity index (χ3n) is 6.50. The largest absolute Gasteiger partial charge is 0.450 e. The topological polar surface area (TPSA) is 67.6 Å². The summed E-state index contributed by atoms with van der Waals surface area (Å²) in [5.74, 6) is -0.00125. The Morgan fingerprint density at radius 1 is 0.941 bits per heavy atom. The molecule has 0 saturated heterocycles. The van der Waals surface area contributed by atoms with Crippen molar-refractivity contribution in [2.24, 2.45) is 0 Å². The molecule has 3 aromatic carbocycles. The quantitative estimate of drug-likeness (QED) is 0.348. The standard InChI is InChI=1S/C29H25NO4/c1-16(2)19-6-8-21(9-7-19)26-25-27(32)23-15-17(3)5-14-24(23)34-28(25)29(33)30(26)22-12-10-20(11-13-22)18(4)31/h5-16,26H,1-4H3. The highest BCUT2D eigenvalue weighted by Crippen LogP contribution is 2.41. The van der Waals surface area contributed by atoms with Crippen molar-refractivity contribution in [2.45, 2.75) is 39.7 Å². The molecule has 1 aromatic heterocycles. The van der Waals surface area contributed by atoms with E-state index in [4.69, 9.17) is 4.42 Å². The molecule has 5 rings (SSSR count). The number of nitrogens with zero attached hydrogens (tertiary/aromatic N) is 1. The number of rotatable bonds is 4. The Morgan fingerprint density at radius 2 is 1.62 bits per heavy atom. The lowest BCUT2D eigenvalue weighted by Gasteiger charge is -2.25. The fourth-order valence-corrected chi connectivity index (χ4v) is 4.59. The van der Waals surface area contributed by atoms with Crippen LogP contribution in [0.25, 0.3) is 11.0 Å². The SMILES string of the molecule is CC(=O)c1ccc(N2C(=O)c3oc4ccc(C)cc4c(=O)c3C2c2ccc(C(C)C)cc2)cc1. The van der Waals surface area contributed by atoms with Crippen molar-refractivity contribution in [1.29, 1.82) is 0 Å². The van der Waals surface area contributed by atoms with Gasteiger partial charge in [0.15, 0.2) is 11.2 Å². The van der Waals surface area contributed by atoms with Gasteiger partial charge in [-0.3, -0.25) is 19.3 Å². The Labute approximate surface area is 197 Å². The van der Waals surface area contributed by atoms with Crippen LogP contribution in [-0.2, 0) is 0 Å². The van der Waals surface area contributed by atoms with Crippen molar-refractivity contribution >= 4 is 28.3 Å². The van der Waals surface area contributed by atoms with Crippen LogP contribution in [0.5, 0.6) is 0 Å². The van der Waals surface area contributed by atoms with E-state index in [1.165, 1.54) is 12.5 Å². The lowest BCUT2D eigenvalue weighted by molar-refractivity contribution is 0.0970. The van der Waals surface area contributed by atoms with Crippen LogP contribution >= 0.6 is 0 Å². The Balaban J connectivity index is 1.75. The highest BCUT2D eigenvalue weighted by atomic mass is 16.3. The molecule has 1 aliphatic rings. The van der Waals surface area contributed by atoms with Crippen LogP contribution in [0.3, 0.4) is 0 Å². The summed E-state index contributed by atoms with van der Waals surface area (Å²) in [6.07, 6.45) is 0. The number of ketones is 1. The summed E-state index contributed by atoms with van der Waals surface area (Å²) >= 11 is 0. The van der Waals surface area contributed by atoms with Gasteiger partial charge in [-0.15, -0.1) is 0 Å². The van der Waals surface area contributed by atoms with E-state index in [0.29, 0.717) is 33.7 Å². The van der Waals surface area contributed by atoms with E-state index in [1.807, 2.05) is 37.3 Å². The molecule has 1 amide bonds. The molecule has 34 heavy (non-hydrogen) atoms. The average Bonchev–Trinajstić information content (AvgIpc) is 3.12. The summed E-state index contributed by atoms with van der Waals surface area (Å²) in [5.41, 5.74) is 4.63. The number of aryl methyl sites for hydroxylation is 1. The minimum atomic E-state index is -0.631. The molecule has 0 aliphatic carbocycles. The van der Waals surface area contributed by atoms with Gasteiger partial charge in [0.1, 0.15) is 5.58 Å². The molecule has 2 heterocycles. The number of carbonyl (C=O) groups is 2. The summed E-state index contributed by atoms with van der Waals surface area (Å²) in [5, 5.41) is 0.462. The van der Waals surface area contributed by atoms with E-state index in [1.54, 1.807) is 41.3 Å².